The van der Waals surface area contributed by atoms with E-state index in [1.54, 1.807) is 23.1 Å². The fourth-order valence-corrected chi connectivity index (χ4v) is 4.18. The molecule has 1 aromatic heterocycles. The van der Waals surface area contributed by atoms with Crippen LogP contribution in [0.3, 0.4) is 0 Å². The molecule has 25 heavy (non-hydrogen) atoms. The number of likely N-dealkylation sites (tertiary alicyclic amines) is 1. The first-order valence-electron chi connectivity index (χ1n) is 7.87. The molecule has 0 spiro atoms. The summed E-state index contributed by atoms with van der Waals surface area (Å²) >= 11 is 13.4. The Morgan fingerprint density at radius 3 is 2.52 bits per heavy atom. The van der Waals surface area contributed by atoms with Crippen molar-refractivity contribution in [1.82, 2.24) is 9.88 Å². The number of thiazole rings is 1. The molecule has 1 aliphatic heterocycles. The van der Waals surface area contributed by atoms with Crippen molar-refractivity contribution in [1.29, 1.82) is 0 Å². The molecular formula is C17H17Cl2N3O2S. The molecule has 1 aliphatic rings. The molecule has 3 rings (SSSR count). The number of aryl methyl sites for hydroxylation is 2. The SMILES string of the molecule is Cc1nc(NC(=O)[C@H]2CCCN2C(=O)c2cc(Cl)cc(Cl)c2)sc1C. The maximum Gasteiger partial charge on any atom is 0.254 e. The Morgan fingerprint density at radius 1 is 1.24 bits per heavy atom. The lowest BCUT2D eigenvalue weighted by Gasteiger charge is -2.23. The number of anilines is 1. The summed E-state index contributed by atoms with van der Waals surface area (Å²) < 4.78 is 0. The van der Waals surface area contributed by atoms with Crippen molar-refractivity contribution in [3.05, 3.63) is 44.4 Å². The van der Waals surface area contributed by atoms with Crippen LogP contribution in [0, 0.1) is 13.8 Å². The van der Waals surface area contributed by atoms with Crippen LogP contribution in [0.1, 0.15) is 33.8 Å². The van der Waals surface area contributed by atoms with Gasteiger partial charge in [-0.1, -0.05) is 23.2 Å². The fourth-order valence-electron chi connectivity index (χ4n) is 2.84. The van der Waals surface area contributed by atoms with Crippen molar-refractivity contribution in [3.8, 4) is 0 Å². The third-order valence-electron chi connectivity index (χ3n) is 4.18. The van der Waals surface area contributed by atoms with E-state index in [1.807, 2.05) is 13.8 Å². The summed E-state index contributed by atoms with van der Waals surface area (Å²) in [6.07, 6.45) is 1.39. The molecule has 0 saturated carbocycles. The third-order valence-corrected chi connectivity index (χ3v) is 5.61. The first-order chi connectivity index (χ1) is 11.8. The van der Waals surface area contributed by atoms with E-state index in [0.29, 0.717) is 33.7 Å². The van der Waals surface area contributed by atoms with Gasteiger partial charge in [0.15, 0.2) is 5.13 Å². The summed E-state index contributed by atoms with van der Waals surface area (Å²) in [7, 11) is 0. The molecule has 1 fully saturated rings. The second kappa shape index (κ2) is 7.32. The van der Waals surface area contributed by atoms with E-state index in [-0.39, 0.29) is 11.8 Å². The molecule has 132 valence electrons. The van der Waals surface area contributed by atoms with Gasteiger partial charge in [-0.2, -0.15) is 0 Å². The van der Waals surface area contributed by atoms with E-state index in [4.69, 9.17) is 23.2 Å². The number of benzene rings is 1. The molecule has 0 bridgehead atoms. The molecule has 0 aliphatic carbocycles. The number of hydrogen-bond donors (Lipinski definition) is 1. The molecule has 1 aromatic carbocycles. The van der Waals surface area contributed by atoms with Crippen molar-refractivity contribution in [2.45, 2.75) is 32.7 Å². The first kappa shape index (κ1) is 18.2. The highest BCUT2D eigenvalue weighted by atomic mass is 35.5. The average molecular weight is 398 g/mol. The zero-order chi connectivity index (χ0) is 18.1. The van der Waals surface area contributed by atoms with E-state index in [9.17, 15) is 9.59 Å². The number of aromatic nitrogens is 1. The molecule has 0 unspecified atom stereocenters. The van der Waals surface area contributed by atoms with Gasteiger partial charge in [0.2, 0.25) is 5.91 Å². The Balaban J connectivity index is 1.77. The maximum atomic E-state index is 12.8. The highest BCUT2D eigenvalue weighted by Gasteiger charge is 2.35. The van der Waals surface area contributed by atoms with Gasteiger partial charge in [0.25, 0.3) is 5.91 Å². The van der Waals surface area contributed by atoms with Crippen LogP contribution in [-0.2, 0) is 4.79 Å². The van der Waals surface area contributed by atoms with E-state index >= 15 is 0 Å². The fraction of sp³-hybridized carbons (Fsp3) is 0.353. The predicted molar refractivity (Wildman–Crippen MR) is 101 cm³/mol. The van der Waals surface area contributed by atoms with Crippen molar-refractivity contribution in [3.63, 3.8) is 0 Å². The van der Waals surface area contributed by atoms with Crippen LogP contribution in [0.2, 0.25) is 10.0 Å². The van der Waals surface area contributed by atoms with Gasteiger partial charge in [0, 0.05) is 27.0 Å². The lowest BCUT2D eigenvalue weighted by atomic mass is 10.1. The monoisotopic (exact) mass is 397 g/mol. The second-order valence-electron chi connectivity index (χ2n) is 5.96. The topological polar surface area (TPSA) is 62.3 Å². The summed E-state index contributed by atoms with van der Waals surface area (Å²) in [4.78, 5) is 32.4. The van der Waals surface area contributed by atoms with Crippen LogP contribution < -0.4 is 5.32 Å². The molecule has 1 N–H and O–H groups in total. The van der Waals surface area contributed by atoms with Gasteiger partial charge >= 0.3 is 0 Å². The van der Waals surface area contributed by atoms with Crippen molar-refractivity contribution < 1.29 is 9.59 Å². The third kappa shape index (κ3) is 3.97. The number of amides is 2. The summed E-state index contributed by atoms with van der Waals surface area (Å²) in [5.41, 5.74) is 1.28. The van der Waals surface area contributed by atoms with Crippen LogP contribution in [-0.4, -0.2) is 34.3 Å². The highest BCUT2D eigenvalue weighted by molar-refractivity contribution is 7.15. The van der Waals surface area contributed by atoms with Crippen LogP contribution in [0.25, 0.3) is 0 Å². The van der Waals surface area contributed by atoms with Crippen molar-refractivity contribution in [2.24, 2.45) is 0 Å². The van der Waals surface area contributed by atoms with Crippen LogP contribution in [0.5, 0.6) is 0 Å². The summed E-state index contributed by atoms with van der Waals surface area (Å²) in [5, 5.41) is 4.17. The minimum absolute atomic E-state index is 0.215. The highest BCUT2D eigenvalue weighted by Crippen LogP contribution is 2.26. The van der Waals surface area contributed by atoms with E-state index in [2.05, 4.69) is 10.3 Å². The smallest absolute Gasteiger partial charge is 0.254 e. The van der Waals surface area contributed by atoms with Gasteiger partial charge in [0.1, 0.15) is 6.04 Å². The van der Waals surface area contributed by atoms with Gasteiger partial charge in [-0.25, -0.2) is 4.98 Å². The second-order valence-corrected chi connectivity index (χ2v) is 8.04. The number of nitrogens with one attached hydrogen (secondary N) is 1. The standard InChI is InChI=1S/C17H17Cl2N3O2S/c1-9-10(2)25-17(20-9)21-15(23)14-4-3-5-22(14)16(24)11-6-12(18)8-13(19)7-11/h6-8,14H,3-5H2,1-2H3,(H,20,21,23)/t14-/m1/s1. The van der Waals surface area contributed by atoms with Crippen molar-refractivity contribution in [2.75, 3.05) is 11.9 Å². The molecule has 2 amide bonds. The first-order valence-corrected chi connectivity index (χ1v) is 9.44. The average Bonchev–Trinajstić information content (AvgIpc) is 3.13. The van der Waals surface area contributed by atoms with Crippen LogP contribution >= 0.6 is 34.5 Å². The Labute approximate surface area is 160 Å². The quantitative estimate of drug-likeness (QED) is 0.838. The molecular weight excluding hydrogens is 381 g/mol. The van der Waals surface area contributed by atoms with E-state index in [0.717, 1.165) is 17.0 Å². The molecule has 2 heterocycles. The van der Waals surface area contributed by atoms with Gasteiger partial charge in [-0.15, -0.1) is 11.3 Å². The number of halogens is 2. The molecule has 1 saturated heterocycles. The molecule has 1 atom stereocenters. The predicted octanol–water partition coefficient (Wildman–Crippen LogP) is 4.31. The number of carbonyl (C=O) groups excluding carboxylic acids is 2. The summed E-state index contributed by atoms with van der Waals surface area (Å²) in [6, 6.07) is 4.18. The number of hydrogen-bond acceptors (Lipinski definition) is 4. The van der Waals surface area contributed by atoms with Crippen molar-refractivity contribution >= 4 is 51.5 Å². The molecule has 5 nitrogen and oxygen atoms in total. The minimum Gasteiger partial charge on any atom is -0.327 e. The Morgan fingerprint density at radius 2 is 1.92 bits per heavy atom. The molecule has 2 aromatic rings. The number of carbonyl (C=O) groups is 2. The zero-order valence-corrected chi connectivity index (χ0v) is 16.1. The molecule has 0 radical (unpaired) electrons. The number of nitrogens with zero attached hydrogens (tertiary/aromatic N) is 2. The van der Waals surface area contributed by atoms with Gasteiger partial charge in [0.05, 0.1) is 5.69 Å². The number of rotatable bonds is 3. The minimum atomic E-state index is -0.519. The van der Waals surface area contributed by atoms with Crippen LogP contribution in [0.4, 0.5) is 5.13 Å². The van der Waals surface area contributed by atoms with Gasteiger partial charge in [-0.05, 0) is 44.9 Å². The summed E-state index contributed by atoms with van der Waals surface area (Å²) in [5.74, 6) is -0.457. The summed E-state index contributed by atoms with van der Waals surface area (Å²) in [6.45, 7) is 4.38. The maximum absolute atomic E-state index is 12.8. The lowest BCUT2D eigenvalue weighted by molar-refractivity contribution is -0.119. The Bertz CT molecular complexity index is 798. The van der Waals surface area contributed by atoms with Gasteiger partial charge < -0.3 is 10.2 Å². The van der Waals surface area contributed by atoms with E-state index in [1.165, 1.54) is 11.3 Å². The lowest BCUT2D eigenvalue weighted by Crippen LogP contribution is -2.43. The van der Waals surface area contributed by atoms with Crippen LogP contribution in [0.15, 0.2) is 18.2 Å². The molecule has 8 heteroatoms. The Kier molecular flexibility index (Phi) is 5.32. The van der Waals surface area contributed by atoms with Gasteiger partial charge in [-0.3, -0.25) is 9.59 Å². The van der Waals surface area contributed by atoms with E-state index < -0.39 is 6.04 Å². The Hall–Kier alpha value is -1.63. The normalized spacial score (nSPS) is 17.0. The largest absolute Gasteiger partial charge is 0.327 e. The zero-order valence-electron chi connectivity index (χ0n) is 13.8.